The van der Waals surface area contributed by atoms with Crippen molar-refractivity contribution < 1.29 is 14.3 Å². The molecule has 1 aromatic carbocycles. The quantitative estimate of drug-likeness (QED) is 0.387. The highest BCUT2D eigenvalue weighted by atomic mass is 16.5. The first-order chi connectivity index (χ1) is 16.7. The molecular weight excluding hydrogens is 430 g/mol. The molecule has 0 unspecified atom stereocenters. The van der Waals surface area contributed by atoms with Crippen LogP contribution in [0.1, 0.15) is 42.0 Å². The van der Waals surface area contributed by atoms with E-state index in [4.69, 9.17) is 9.47 Å². The summed E-state index contributed by atoms with van der Waals surface area (Å²) in [5, 5.41) is 4.16. The summed E-state index contributed by atoms with van der Waals surface area (Å²) in [6.07, 6.45) is 10.2. The number of carbonyl (C=O) groups excluding carboxylic acids is 1. The van der Waals surface area contributed by atoms with Gasteiger partial charge in [-0.3, -0.25) is 14.7 Å². The van der Waals surface area contributed by atoms with Crippen molar-refractivity contribution in [2.45, 2.75) is 31.9 Å². The molecule has 1 aliphatic rings. The maximum absolute atomic E-state index is 12.6. The normalized spacial score (nSPS) is 16.3. The molecule has 2 aromatic heterocycles. The average molecular weight is 460 g/mol. The first-order valence-corrected chi connectivity index (χ1v) is 11.4. The molecule has 3 heterocycles. The molecule has 0 bridgehead atoms. The summed E-state index contributed by atoms with van der Waals surface area (Å²) in [6, 6.07) is 15.4. The zero-order valence-corrected chi connectivity index (χ0v) is 19.3. The summed E-state index contributed by atoms with van der Waals surface area (Å²) in [7, 11) is 1.62. The molecule has 34 heavy (non-hydrogen) atoms. The lowest BCUT2D eigenvalue weighted by Crippen LogP contribution is -2.40. The van der Waals surface area contributed by atoms with E-state index in [9.17, 15) is 4.79 Å². The standard InChI is InChI=1S/C26H29N5O3/c1-33-24-11-10-20(15-22(24)19-34-26-9-2-4-13-28-26)16-29-30-25(32)18-31-14-5-3-8-23(31)21-7-6-12-27-17-21/h2,4,6-7,9-13,15-17,23H,3,5,8,14,18-19H2,1H3,(H,30,32)/t23-/m0/s1. The van der Waals surface area contributed by atoms with Crippen molar-refractivity contribution in [2.24, 2.45) is 5.10 Å². The molecule has 4 rings (SSSR count). The van der Waals surface area contributed by atoms with Crippen LogP contribution in [0.2, 0.25) is 0 Å². The maximum Gasteiger partial charge on any atom is 0.254 e. The van der Waals surface area contributed by atoms with Crippen LogP contribution in [0.5, 0.6) is 11.6 Å². The third-order valence-electron chi connectivity index (χ3n) is 5.75. The number of hydrazone groups is 1. The highest BCUT2D eigenvalue weighted by molar-refractivity contribution is 5.83. The number of nitrogens with zero attached hydrogens (tertiary/aromatic N) is 4. The van der Waals surface area contributed by atoms with Crippen molar-refractivity contribution in [2.75, 3.05) is 20.2 Å². The molecule has 1 N–H and O–H groups in total. The van der Waals surface area contributed by atoms with Crippen molar-refractivity contribution in [1.82, 2.24) is 20.3 Å². The van der Waals surface area contributed by atoms with E-state index in [1.807, 2.05) is 42.6 Å². The number of benzene rings is 1. The van der Waals surface area contributed by atoms with E-state index in [1.165, 1.54) is 0 Å². The third kappa shape index (κ3) is 6.39. The van der Waals surface area contributed by atoms with E-state index in [0.29, 0.717) is 24.8 Å². The predicted octanol–water partition coefficient (Wildman–Crippen LogP) is 3.74. The molecule has 8 nitrogen and oxygen atoms in total. The van der Waals surface area contributed by atoms with Gasteiger partial charge in [-0.1, -0.05) is 18.6 Å². The van der Waals surface area contributed by atoms with Crippen LogP contribution in [0.25, 0.3) is 0 Å². The number of nitrogens with one attached hydrogen (secondary N) is 1. The Morgan fingerprint density at radius 3 is 2.94 bits per heavy atom. The van der Waals surface area contributed by atoms with Crippen LogP contribution in [0.3, 0.4) is 0 Å². The fourth-order valence-electron chi connectivity index (χ4n) is 4.11. The second-order valence-electron chi connectivity index (χ2n) is 8.09. The summed E-state index contributed by atoms with van der Waals surface area (Å²) < 4.78 is 11.2. The van der Waals surface area contributed by atoms with E-state index in [1.54, 1.807) is 31.8 Å². The Labute approximate surface area is 199 Å². The fourth-order valence-corrected chi connectivity index (χ4v) is 4.11. The molecule has 176 valence electrons. The molecule has 1 atom stereocenters. The van der Waals surface area contributed by atoms with E-state index >= 15 is 0 Å². The molecular formula is C26H29N5O3. The van der Waals surface area contributed by atoms with Gasteiger partial charge >= 0.3 is 0 Å². The number of methoxy groups -OCH3 is 1. The van der Waals surface area contributed by atoms with Crippen LogP contribution in [-0.4, -0.2) is 47.2 Å². The number of ether oxygens (including phenoxy) is 2. The third-order valence-corrected chi connectivity index (χ3v) is 5.75. The van der Waals surface area contributed by atoms with Crippen LogP contribution in [0.4, 0.5) is 0 Å². The van der Waals surface area contributed by atoms with Gasteiger partial charge < -0.3 is 9.47 Å². The van der Waals surface area contributed by atoms with Crippen LogP contribution >= 0.6 is 0 Å². The van der Waals surface area contributed by atoms with Gasteiger partial charge in [0.2, 0.25) is 5.88 Å². The lowest BCUT2D eigenvalue weighted by Gasteiger charge is -2.35. The SMILES string of the molecule is COc1ccc(C=NNC(=O)CN2CCCC[C@H]2c2cccnc2)cc1COc1ccccn1. The van der Waals surface area contributed by atoms with Gasteiger partial charge in [0.05, 0.1) is 19.9 Å². The summed E-state index contributed by atoms with van der Waals surface area (Å²) in [4.78, 5) is 23.2. The number of hydrogen-bond donors (Lipinski definition) is 1. The van der Waals surface area contributed by atoms with Crippen molar-refractivity contribution in [1.29, 1.82) is 0 Å². The second kappa shape index (κ2) is 11.9. The molecule has 3 aromatic rings. The molecule has 8 heteroatoms. The van der Waals surface area contributed by atoms with Crippen LogP contribution in [0.15, 0.2) is 72.2 Å². The van der Waals surface area contributed by atoms with Gasteiger partial charge in [0, 0.05) is 36.3 Å². The average Bonchev–Trinajstić information content (AvgIpc) is 2.89. The van der Waals surface area contributed by atoms with E-state index < -0.39 is 0 Å². The van der Waals surface area contributed by atoms with Crippen LogP contribution in [0, 0.1) is 0 Å². The van der Waals surface area contributed by atoms with Crippen molar-refractivity contribution in [3.05, 3.63) is 83.8 Å². The fraction of sp³-hybridized carbons (Fsp3) is 0.308. The zero-order chi connectivity index (χ0) is 23.6. The number of amides is 1. The number of aromatic nitrogens is 2. The Balaban J connectivity index is 1.34. The van der Waals surface area contributed by atoms with Gasteiger partial charge in [0.25, 0.3) is 5.91 Å². The number of likely N-dealkylation sites (tertiary alicyclic amines) is 1. The van der Waals surface area contributed by atoms with E-state index in [0.717, 1.165) is 42.5 Å². The molecule has 1 aliphatic heterocycles. The topological polar surface area (TPSA) is 88.9 Å². The summed E-state index contributed by atoms with van der Waals surface area (Å²) in [6.45, 7) is 1.48. The minimum atomic E-state index is -0.140. The smallest absolute Gasteiger partial charge is 0.254 e. The Morgan fingerprint density at radius 1 is 1.21 bits per heavy atom. The number of pyridine rings is 2. The van der Waals surface area contributed by atoms with Crippen molar-refractivity contribution in [3.8, 4) is 11.6 Å². The number of carbonyl (C=O) groups is 1. The summed E-state index contributed by atoms with van der Waals surface area (Å²) in [5.41, 5.74) is 5.49. The second-order valence-corrected chi connectivity index (χ2v) is 8.09. The Hall–Kier alpha value is -3.78. The number of hydrogen-bond acceptors (Lipinski definition) is 7. The first-order valence-electron chi connectivity index (χ1n) is 11.4. The highest BCUT2D eigenvalue weighted by Crippen LogP contribution is 2.30. The first kappa shape index (κ1) is 23.4. The van der Waals surface area contributed by atoms with Gasteiger partial charge in [0.1, 0.15) is 12.4 Å². The Bertz CT molecular complexity index is 1090. The monoisotopic (exact) mass is 459 g/mol. The van der Waals surface area contributed by atoms with Crippen LogP contribution < -0.4 is 14.9 Å². The molecule has 0 saturated carbocycles. The van der Waals surface area contributed by atoms with Gasteiger partial charge in [-0.15, -0.1) is 0 Å². The lowest BCUT2D eigenvalue weighted by atomic mass is 9.96. The molecule has 0 spiro atoms. The Kier molecular flexibility index (Phi) is 8.18. The van der Waals surface area contributed by atoms with Gasteiger partial charge in [0.15, 0.2) is 0 Å². The zero-order valence-electron chi connectivity index (χ0n) is 19.3. The highest BCUT2D eigenvalue weighted by Gasteiger charge is 2.25. The van der Waals surface area contributed by atoms with Gasteiger partial charge in [-0.25, -0.2) is 10.4 Å². The molecule has 1 fully saturated rings. The number of rotatable bonds is 9. The summed E-state index contributed by atoms with van der Waals surface area (Å²) >= 11 is 0. The Morgan fingerprint density at radius 2 is 2.15 bits per heavy atom. The van der Waals surface area contributed by atoms with Gasteiger partial charge in [-0.05, 0) is 60.8 Å². The molecule has 0 aliphatic carbocycles. The molecule has 1 saturated heterocycles. The largest absolute Gasteiger partial charge is 0.496 e. The lowest BCUT2D eigenvalue weighted by molar-refractivity contribution is -0.123. The summed E-state index contributed by atoms with van der Waals surface area (Å²) in [5.74, 6) is 1.11. The predicted molar refractivity (Wildman–Crippen MR) is 130 cm³/mol. The van der Waals surface area contributed by atoms with Crippen molar-refractivity contribution in [3.63, 3.8) is 0 Å². The minimum absolute atomic E-state index is 0.140. The van der Waals surface area contributed by atoms with E-state index in [2.05, 4.69) is 31.5 Å². The van der Waals surface area contributed by atoms with Gasteiger partial charge in [-0.2, -0.15) is 5.10 Å². The van der Waals surface area contributed by atoms with E-state index in [-0.39, 0.29) is 11.9 Å². The molecule has 1 amide bonds. The van der Waals surface area contributed by atoms with Crippen molar-refractivity contribution >= 4 is 12.1 Å². The molecule has 0 radical (unpaired) electrons. The minimum Gasteiger partial charge on any atom is -0.496 e. The maximum atomic E-state index is 12.6. The van der Waals surface area contributed by atoms with Crippen LogP contribution in [-0.2, 0) is 11.4 Å². The number of piperidine rings is 1.